The minimum atomic E-state index is 0.605. The van der Waals surface area contributed by atoms with Crippen LogP contribution in [-0.2, 0) is 5.75 Å². The highest BCUT2D eigenvalue weighted by atomic mass is 35.5. The van der Waals surface area contributed by atoms with Crippen molar-refractivity contribution in [2.75, 3.05) is 13.1 Å². The first kappa shape index (κ1) is 11.1. The third kappa shape index (κ3) is 3.03. The molecule has 0 bridgehead atoms. The summed E-state index contributed by atoms with van der Waals surface area (Å²) < 4.78 is 2.13. The summed E-state index contributed by atoms with van der Waals surface area (Å²) in [6.45, 7) is 1.89. The molecule has 0 aliphatic carbocycles. The van der Waals surface area contributed by atoms with Crippen LogP contribution in [0.4, 0.5) is 0 Å². The van der Waals surface area contributed by atoms with E-state index in [0.29, 0.717) is 10.0 Å². The van der Waals surface area contributed by atoms with E-state index in [0.717, 1.165) is 18.8 Å². The summed E-state index contributed by atoms with van der Waals surface area (Å²) in [5.41, 5.74) is 1.18. The lowest BCUT2D eigenvalue weighted by Crippen LogP contribution is -2.10. The van der Waals surface area contributed by atoms with Crippen LogP contribution in [0.15, 0.2) is 23.2 Å². The molecule has 0 atom stereocenters. The van der Waals surface area contributed by atoms with Gasteiger partial charge in [0.15, 0.2) is 0 Å². The number of rotatable bonds is 3. The lowest BCUT2D eigenvalue weighted by Gasteiger charge is -2.12. The van der Waals surface area contributed by atoms with Gasteiger partial charge in [-0.1, -0.05) is 29.3 Å². The van der Waals surface area contributed by atoms with Gasteiger partial charge in [0.2, 0.25) is 0 Å². The van der Waals surface area contributed by atoms with Gasteiger partial charge in [-0.15, -0.1) is 0 Å². The monoisotopic (exact) mass is 260 g/mol. The topological polar surface area (TPSA) is 15.6 Å². The van der Waals surface area contributed by atoms with Crippen molar-refractivity contribution in [3.63, 3.8) is 0 Å². The number of hydrogen-bond donors (Lipinski definition) is 0. The average molecular weight is 261 g/mol. The molecule has 1 aromatic carbocycles. The maximum absolute atomic E-state index is 5.93. The number of benzene rings is 1. The van der Waals surface area contributed by atoms with E-state index in [4.69, 9.17) is 23.2 Å². The number of hydrogen-bond acceptors (Lipinski definition) is 3. The molecule has 80 valence electrons. The molecule has 0 unspecified atom stereocenters. The maximum atomic E-state index is 5.93. The largest absolute Gasteiger partial charge is 0.305 e. The van der Waals surface area contributed by atoms with E-state index in [9.17, 15) is 0 Å². The minimum absolute atomic E-state index is 0.605. The molecule has 15 heavy (non-hydrogen) atoms. The van der Waals surface area contributed by atoms with Crippen molar-refractivity contribution in [2.24, 2.45) is 4.99 Å². The van der Waals surface area contributed by atoms with Gasteiger partial charge in [-0.05, 0) is 29.6 Å². The fraction of sp³-hybridized carbons (Fsp3) is 0.300. The first-order valence-electron chi connectivity index (χ1n) is 4.59. The molecule has 1 aromatic rings. The Morgan fingerprint density at radius 3 is 2.87 bits per heavy atom. The summed E-state index contributed by atoms with van der Waals surface area (Å²) in [6.07, 6.45) is 1.88. The molecule has 0 spiro atoms. The van der Waals surface area contributed by atoms with E-state index >= 15 is 0 Å². The molecular formula is C10H10Cl2N2S. The lowest BCUT2D eigenvalue weighted by molar-refractivity contribution is 0.747. The van der Waals surface area contributed by atoms with E-state index in [1.807, 2.05) is 24.5 Å². The lowest BCUT2D eigenvalue weighted by atomic mass is 10.2. The van der Waals surface area contributed by atoms with Crippen molar-refractivity contribution in [1.82, 2.24) is 4.31 Å². The summed E-state index contributed by atoms with van der Waals surface area (Å²) >= 11 is 13.5. The predicted octanol–water partition coefficient (Wildman–Crippen LogP) is 3.49. The summed E-state index contributed by atoms with van der Waals surface area (Å²) in [4.78, 5) is 4.14. The second kappa shape index (κ2) is 5.10. The standard InChI is InChI=1S/C10H10Cl2N2S/c11-9-2-1-8(5-10(9)12)6-15-14-4-3-13-7-14/h1-2,5,7H,3-4,6H2. The van der Waals surface area contributed by atoms with Crippen molar-refractivity contribution >= 4 is 41.5 Å². The molecule has 0 N–H and O–H groups in total. The molecule has 0 amide bonds. The molecule has 0 radical (unpaired) electrons. The Morgan fingerprint density at radius 1 is 1.33 bits per heavy atom. The molecule has 1 aliphatic rings. The Labute approximate surface area is 103 Å². The van der Waals surface area contributed by atoms with Crippen LogP contribution in [0.1, 0.15) is 5.56 Å². The van der Waals surface area contributed by atoms with Gasteiger partial charge in [0, 0.05) is 5.75 Å². The summed E-state index contributed by atoms with van der Waals surface area (Å²) in [6, 6.07) is 5.73. The molecular weight excluding hydrogens is 251 g/mol. The fourth-order valence-electron chi connectivity index (χ4n) is 1.25. The van der Waals surface area contributed by atoms with Gasteiger partial charge in [-0.3, -0.25) is 4.99 Å². The highest BCUT2D eigenvalue weighted by Crippen LogP contribution is 2.25. The van der Waals surface area contributed by atoms with Crippen LogP contribution in [-0.4, -0.2) is 23.7 Å². The van der Waals surface area contributed by atoms with E-state index in [2.05, 4.69) is 9.30 Å². The predicted molar refractivity (Wildman–Crippen MR) is 67.8 cm³/mol. The quantitative estimate of drug-likeness (QED) is 0.774. The zero-order valence-electron chi connectivity index (χ0n) is 7.99. The van der Waals surface area contributed by atoms with Gasteiger partial charge in [0.1, 0.15) is 0 Å². The maximum Gasteiger partial charge on any atom is 0.0950 e. The minimum Gasteiger partial charge on any atom is -0.305 e. The Kier molecular flexibility index (Phi) is 3.78. The summed E-state index contributed by atoms with van der Waals surface area (Å²) in [5.74, 6) is 0.892. The Morgan fingerprint density at radius 2 is 2.20 bits per heavy atom. The molecule has 1 heterocycles. The first-order chi connectivity index (χ1) is 7.25. The summed E-state index contributed by atoms with van der Waals surface area (Å²) in [7, 11) is 0. The molecule has 2 rings (SSSR count). The van der Waals surface area contributed by atoms with Gasteiger partial charge in [0.25, 0.3) is 0 Å². The van der Waals surface area contributed by atoms with Gasteiger partial charge in [-0.25, -0.2) is 0 Å². The van der Waals surface area contributed by atoms with E-state index in [-0.39, 0.29) is 0 Å². The SMILES string of the molecule is Clc1ccc(CSN2C=NCC2)cc1Cl. The van der Waals surface area contributed by atoms with Crippen LogP contribution in [0, 0.1) is 0 Å². The molecule has 2 nitrogen and oxygen atoms in total. The Hall–Kier alpha value is -0.380. The normalized spacial score (nSPS) is 14.9. The van der Waals surface area contributed by atoms with Crippen molar-refractivity contribution in [1.29, 1.82) is 0 Å². The van der Waals surface area contributed by atoms with Gasteiger partial charge < -0.3 is 4.31 Å². The number of aliphatic imine (C=N–C) groups is 1. The van der Waals surface area contributed by atoms with Gasteiger partial charge in [-0.2, -0.15) is 0 Å². The fourth-order valence-corrected chi connectivity index (χ4v) is 2.41. The molecule has 5 heteroatoms. The molecule has 0 aromatic heterocycles. The van der Waals surface area contributed by atoms with Crippen LogP contribution >= 0.6 is 35.1 Å². The molecule has 0 saturated carbocycles. The zero-order chi connectivity index (χ0) is 10.7. The van der Waals surface area contributed by atoms with Crippen LogP contribution in [0.25, 0.3) is 0 Å². The van der Waals surface area contributed by atoms with Crippen LogP contribution < -0.4 is 0 Å². The zero-order valence-corrected chi connectivity index (χ0v) is 10.3. The molecule has 1 aliphatic heterocycles. The third-order valence-corrected chi connectivity index (χ3v) is 3.85. The summed E-state index contributed by atoms with van der Waals surface area (Å²) in [5, 5.41) is 1.22. The molecule has 0 fully saturated rings. The number of halogens is 2. The van der Waals surface area contributed by atoms with Crippen molar-refractivity contribution < 1.29 is 0 Å². The second-order valence-electron chi connectivity index (χ2n) is 3.18. The number of nitrogens with zero attached hydrogens (tertiary/aromatic N) is 2. The first-order valence-corrected chi connectivity index (χ1v) is 6.29. The molecule has 0 saturated heterocycles. The van der Waals surface area contributed by atoms with Crippen LogP contribution in [0.3, 0.4) is 0 Å². The Bertz CT molecular complexity index is 382. The van der Waals surface area contributed by atoms with Crippen molar-refractivity contribution in [3.8, 4) is 0 Å². The van der Waals surface area contributed by atoms with E-state index in [1.54, 1.807) is 11.9 Å². The smallest absolute Gasteiger partial charge is 0.0950 e. The average Bonchev–Trinajstić information content (AvgIpc) is 2.73. The van der Waals surface area contributed by atoms with E-state index in [1.165, 1.54) is 5.56 Å². The highest BCUT2D eigenvalue weighted by Gasteiger charge is 2.06. The van der Waals surface area contributed by atoms with Gasteiger partial charge >= 0.3 is 0 Å². The van der Waals surface area contributed by atoms with Crippen LogP contribution in [0.5, 0.6) is 0 Å². The van der Waals surface area contributed by atoms with E-state index < -0.39 is 0 Å². The van der Waals surface area contributed by atoms with Crippen molar-refractivity contribution in [2.45, 2.75) is 5.75 Å². The van der Waals surface area contributed by atoms with Crippen LogP contribution in [0.2, 0.25) is 10.0 Å². The Balaban J connectivity index is 1.93. The van der Waals surface area contributed by atoms with Gasteiger partial charge in [0.05, 0.1) is 29.5 Å². The third-order valence-electron chi connectivity index (χ3n) is 2.04. The second-order valence-corrected chi connectivity index (χ2v) is 5.01. The van der Waals surface area contributed by atoms with Crippen molar-refractivity contribution in [3.05, 3.63) is 33.8 Å². The highest BCUT2D eigenvalue weighted by molar-refractivity contribution is 7.96.